The van der Waals surface area contributed by atoms with E-state index in [1.54, 1.807) is 0 Å². The summed E-state index contributed by atoms with van der Waals surface area (Å²) in [4.78, 5) is 24.7. The van der Waals surface area contributed by atoms with E-state index >= 15 is 0 Å². The zero-order valence-electron chi connectivity index (χ0n) is 19.2. The molecule has 1 saturated heterocycles. The second-order valence-corrected chi connectivity index (χ2v) is 8.09. The molecule has 1 aliphatic rings. The van der Waals surface area contributed by atoms with E-state index in [4.69, 9.17) is 23.4 Å². The fourth-order valence-electron chi connectivity index (χ4n) is 3.75. The van der Waals surface area contributed by atoms with Crippen molar-refractivity contribution in [2.24, 2.45) is 0 Å². The van der Waals surface area contributed by atoms with Gasteiger partial charge in [0.2, 0.25) is 17.5 Å². The number of aliphatic hydroxyl groups excluding tert-OH is 3. The first-order valence-corrected chi connectivity index (χ1v) is 10.8. The normalized spacial score (nSPS) is 23.9. The van der Waals surface area contributed by atoms with Crippen LogP contribution in [-0.2, 0) is 14.3 Å². The number of aromatic hydroxyl groups is 2. The van der Waals surface area contributed by atoms with Crippen LogP contribution in [0.3, 0.4) is 0 Å². The number of esters is 1. The van der Waals surface area contributed by atoms with Gasteiger partial charge in [0.05, 0.1) is 7.11 Å². The highest BCUT2D eigenvalue weighted by Gasteiger charge is 2.46. The van der Waals surface area contributed by atoms with Crippen LogP contribution in [0.4, 0.5) is 0 Å². The maximum absolute atomic E-state index is 13.5. The molecule has 0 spiro atoms. The first kappa shape index (κ1) is 25.3. The summed E-state index contributed by atoms with van der Waals surface area (Å²) in [5.41, 5.74) is -0.598. The summed E-state index contributed by atoms with van der Waals surface area (Å²) in [7, 11) is 1.37. The molecule has 3 unspecified atom stereocenters. The molecule has 1 aliphatic heterocycles. The van der Waals surface area contributed by atoms with Gasteiger partial charge in [-0.05, 0) is 24.3 Å². The van der Waals surface area contributed by atoms with Gasteiger partial charge in [-0.3, -0.25) is 9.59 Å². The van der Waals surface area contributed by atoms with Gasteiger partial charge in [-0.2, -0.15) is 0 Å². The van der Waals surface area contributed by atoms with E-state index in [0.717, 1.165) is 6.92 Å². The number of rotatable bonds is 6. The van der Waals surface area contributed by atoms with Crippen LogP contribution in [0, 0.1) is 0 Å². The number of phenols is 2. The lowest BCUT2D eigenvalue weighted by atomic mass is 9.99. The summed E-state index contributed by atoms with van der Waals surface area (Å²) in [5, 5.41) is 50.9. The van der Waals surface area contributed by atoms with Gasteiger partial charge in [-0.1, -0.05) is 0 Å². The quantitative estimate of drug-likeness (QED) is 0.295. The summed E-state index contributed by atoms with van der Waals surface area (Å²) < 4.78 is 27.1. The Morgan fingerprint density at radius 3 is 2.36 bits per heavy atom. The van der Waals surface area contributed by atoms with Crippen molar-refractivity contribution < 1.29 is 53.7 Å². The molecular formula is C24H24O12. The van der Waals surface area contributed by atoms with Crippen LogP contribution in [0.15, 0.2) is 45.6 Å². The van der Waals surface area contributed by atoms with E-state index in [-0.39, 0.29) is 33.8 Å². The molecule has 12 nitrogen and oxygen atoms in total. The summed E-state index contributed by atoms with van der Waals surface area (Å²) in [6.07, 6.45) is -8.21. The van der Waals surface area contributed by atoms with Crippen molar-refractivity contribution in [3.05, 3.63) is 46.6 Å². The standard InChI is InChI=1S/C24H24O12/c1-10(25)33-9-16-18(28)20(30)21(31)24(35-16)36-23-19(29)17-14(27)7-13(32-2)8-15(17)34-22(23)11-3-5-12(26)6-4-11/h3-8,16,18,20-21,24,26-28,30-31H,9H2,1-2H3/t16?,18-,20?,21?,24-/m0/s1. The van der Waals surface area contributed by atoms with Crippen LogP contribution >= 0.6 is 0 Å². The lowest BCUT2D eigenvalue weighted by Crippen LogP contribution is -2.60. The second kappa shape index (κ2) is 10.0. The molecule has 2 heterocycles. The average Bonchev–Trinajstić information content (AvgIpc) is 2.84. The van der Waals surface area contributed by atoms with Gasteiger partial charge >= 0.3 is 5.97 Å². The van der Waals surface area contributed by atoms with Crippen molar-refractivity contribution in [1.82, 2.24) is 0 Å². The molecule has 4 rings (SSSR count). The third-order valence-corrected chi connectivity index (χ3v) is 5.62. The van der Waals surface area contributed by atoms with Crippen LogP contribution in [-0.4, -0.2) is 75.9 Å². The Morgan fingerprint density at radius 1 is 1.03 bits per heavy atom. The number of benzene rings is 2. The van der Waals surface area contributed by atoms with Crippen molar-refractivity contribution in [3.63, 3.8) is 0 Å². The Labute approximate surface area is 203 Å². The molecule has 0 saturated carbocycles. The van der Waals surface area contributed by atoms with E-state index in [1.165, 1.54) is 43.5 Å². The summed E-state index contributed by atoms with van der Waals surface area (Å²) >= 11 is 0. The van der Waals surface area contributed by atoms with E-state index in [2.05, 4.69) is 0 Å². The van der Waals surface area contributed by atoms with Gasteiger partial charge < -0.3 is 48.9 Å². The minimum Gasteiger partial charge on any atom is -0.508 e. The Morgan fingerprint density at radius 2 is 1.72 bits per heavy atom. The first-order valence-electron chi connectivity index (χ1n) is 10.8. The molecule has 5 atom stereocenters. The van der Waals surface area contributed by atoms with Crippen molar-refractivity contribution in [2.45, 2.75) is 37.6 Å². The lowest BCUT2D eigenvalue weighted by molar-refractivity contribution is -0.278. The van der Waals surface area contributed by atoms with Crippen molar-refractivity contribution >= 4 is 16.9 Å². The van der Waals surface area contributed by atoms with Crippen LogP contribution in [0.5, 0.6) is 23.0 Å². The fraction of sp³-hybridized carbons (Fsp3) is 0.333. The van der Waals surface area contributed by atoms with Crippen LogP contribution in [0.25, 0.3) is 22.3 Å². The van der Waals surface area contributed by atoms with Gasteiger partial charge in [0.15, 0.2) is 5.76 Å². The van der Waals surface area contributed by atoms with Gasteiger partial charge in [0.25, 0.3) is 0 Å². The number of phenolic OH excluding ortho intramolecular Hbond substituents is 2. The number of fused-ring (bicyclic) bond motifs is 1. The maximum Gasteiger partial charge on any atom is 0.302 e. The van der Waals surface area contributed by atoms with E-state index < -0.39 is 60.2 Å². The van der Waals surface area contributed by atoms with Crippen LogP contribution in [0.2, 0.25) is 0 Å². The minimum absolute atomic E-state index is 0.0411. The number of ether oxygens (including phenoxy) is 4. The molecular weight excluding hydrogens is 480 g/mol. The number of carbonyl (C=O) groups excluding carboxylic acids is 1. The Hall–Kier alpha value is -3.84. The molecule has 0 radical (unpaired) electrons. The third-order valence-electron chi connectivity index (χ3n) is 5.62. The maximum atomic E-state index is 13.5. The Balaban J connectivity index is 1.82. The Kier molecular flexibility index (Phi) is 7.04. The highest BCUT2D eigenvalue weighted by atomic mass is 16.7. The van der Waals surface area contributed by atoms with Gasteiger partial charge in [0, 0.05) is 24.6 Å². The Bertz CT molecular complexity index is 1320. The highest BCUT2D eigenvalue weighted by Crippen LogP contribution is 2.37. The number of carbonyl (C=O) groups is 1. The predicted octanol–water partition coefficient (Wildman–Crippen LogP) is 0.629. The topological polar surface area (TPSA) is 185 Å². The first-order chi connectivity index (χ1) is 17.1. The highest BCUT2D eigenvalue weighted by molar-refractivity contribution is 5.88. The van der Waals surface area contributed by atoms with E-state index in [0.29, 0.717) is 0 Å². The molecule has 192 valence electrons. The van der Waals surface area contributed by atoms with Crippen molar-refractivity contribution in [2.75, 3.05) is 13.7 Å². The van der Waals surface area contributed by atoms with Crippen LogP contribution < -0.4 is 14.9 Å². The molecule has 5 N–H and O–H groups in total. The lowest BCUT2D eigenvalue weighted by Gasteiger charge is -2.39. The number of methoxy groups -OCH3 is 1. The number of hydrogen-bond donors (Lipinski definition) is 5. The van der Waals surface area contributed by atoms with E-state index in [9.17, 15) is 35.1 Å². The molecule has 36 heavy (non-hydrogen) atoms. The number of aliphatic hydroxyl groups is 3. The molecule has 0 aliphatic carbocycles. The molecule has 1 fully saturated rings. The largest absolute Gasteiger partial charge is 0.508 e. The molecule has 1 aromatic heterocycles. The molecule has 0 bridgehead atoms. The third kappa shape index (κ3) is 4.79. The van der Waals surface area contributed by atoms with Crippen molar-refractivity contribution in [1.29, 1.82) is 0 Å². The molecule has 2 aromatic carbocycles. The summed E-state index contributed by atoms with van der Waals surface area (Å²) in [5.74, 6) is -1.61. The second-order valence-electron chi connectivity index (χ2n) is 8.09. The fourth-order valence-corrected chi connectivity index (χ4v) is 3.75. The van der Waals surface area contributed by atoms with Gasteiger partial charge in [-0.25, -0.2) is 0 Å². The number of hydrogen-bond acceptors (Lipinski definition) is 12. The SMILES string of the molecule is COc1cc(O)c2c(=O)c(O[C@@H]3OC(COC(C)=O)[C@H](O)C(O)C3O)c(-c3ccc(O)cc3)oc2c1. The smallest absolute Gasteiger partial charge is 0.302 e. The van der Waals surface area contributed by atoms with Crippen molar-refractivity contribution in [3.8, 4) is 34.3 Å². The van der Waals surface area contributed by atoms with Gasteiger partial charge in [0.1, 0.15) is 59.2 Å². The summed E-state index contributed by atoms with van der Waals surface area (Å²) in [6.45, 7) is 0.679. The minimum atomic E-state index is -1.82. The molecule has 3 aromatic rings. The van der Waals surface area contributed by atoms with Crippen LogP contribution in [0.1, 0.15) is 6.92 Å². The zero-order chi connectivity index (χ0) is 26.1. The monoisotopic (exact) mass is 504 g/mol. The summed E-state index contributed by atoms with van der Waals surface area (Å²) in [6, 6.07) is 8.14. The van der Waals surface area contributed by atoms with E-state index in [1.807, 2.05) is 0 Å². The van der Waals surface area contributed by atoms with Gasteiger partial charge in [-0.15, -0.1) is 0 Å². The average molecular weight is 504 g/mol. The molecule has 0 amide bonds. The molecule has 12 heteroatoms. The predicted molar refractivity (Wildman–Crippen MR) is 122 cm³/mol. The zero-order valence-corrected chi connectivity index (χ0v) is 19.2.